The van der Waals surface area contributed by atoms with Gasteiger partial charge in [-0.3, -0.25) is 14.4 Å². The highest BCUT2D eigenvalue weighted by Gasteiger charge is 2.42. The molecule has 2 rings (SSSR count). The Bertz CT molecular complexity index is 455. The zero-order valence-corrected chi connectivity index (χ0v) is 13.2. The van der Waals surface area contributed by atoms with E-state index in [1.165, 1.54) is 7.11 Å². The number of methoxy groups -OCH3 is 1. The van der Waals surface area contributed by atoms with Crippen LogP contribution < -0.4 is 0 Å². The Hall–Kier alpha value is -1.59. The minimum absolute atomic E-state index is 0.0125. The van der Waals surface area contributed by atoms with Crippen molar-refractivity contribution in [2.45, 2.75) is 39.2 Å². The second-order valence-electron chi connectivity index (χ2n) is 6.87. The van der Waals surface area contributed by atoms with Crippen LogP contribution in [0.2, 0.25) is 0 Å². The summed E-state index contributed by atoms with van der Waals surface area (Å²) in [5.74, 6) is -0.752. The highest BCUT2D eigenvalue weighted by atomic mass is 16.5. The van der Waals surface area contributed by atoms with Gasteiger partial charge in [0.15, 0.2) is 0 Å². The van der Waals surface area contributed by atoms with Crippen LogP contribution in [0, 0.1) is 11.8 Å². The molecular weight excluding hydrogens is 272 g/mol. The fourth-order valence-electron chi connectivity index (χ4n) is 3.10. The van der Waals surface area contributed by atoms with Crippen molar-refractivity contribution in [3.8, 4) is 0 Å². The maximum Gasteiger partial charge on any atom is 0.310 e. The molecule has 21 heavy (non-hydrogen) atoms. The molecule has 2 atom stereocenters. The van der Waals surface area contributed by atoms with E-state index in [9.17, 15) is 14.4 Å². The largest absolute Gasteiger partial charge is 0.469 e. The zero-order chi connectivity index (χ0) is 15.8. The lowest BCUT2D eigenvalue weighted by Crippen LogP contribution is -2.43. The minimum atomic E-state index is -0.284. The average Bonchev–Trinajstić information content (AvgIpc) is 3.02. The van der Waals surface area contributed by atoms with E-state index >= 15 is 0 Å². The summed E-state index contributed by atoms with van der Waals surface area (Å²) >= 11 is 0. The highest BCUT2D eigenvalue weighted by Crippen LogP contribution is 2.28. The van der Waals surface area contributed by atoms with Gasteiger partial charge in [-0.25, -0.2) is 0 Å². The Labute approximate surface area is 125 Å². The normalized spacial score (nSPS) is 26.4. The molecule has 2 unspecified atom stereocenters. The fraction of sp³-hybridized carbons (Fsp3) is 0.800. The van der Waals surface area contributed by atoms with Gasteiger partial charge in [-0.1, -0.05) is 0 Å². The van der Waals surface area contributed by atoms with Gasteiger partial charge in [0, 0.05) is 31.6 Å². The zero-order valence-electron chi connectivity index (χ0n) is 13.2. The molecule has 0 saturated carbocycles. The molecule has 0 bridgehead atoms. The molecule has 0 spiro atoms. The monoisotopic (exact) mass is 296 g/mol. The summed E-state index contributed by atoms with van der Waals surface area (Å²) in [6, 6.07) is 0. The Morgan fingerprint density at radius 2 is 1.86 bits per heavy atom. The Balaban J connectivity index is 1.97. The number of hydrogen-bond acceptors (Lipinski definition) is 4. The van der Waals surface area contributed by atoms with Crippen LogP contribution in [-0.4, -0.2) is 59.9 Å². The molecule has 2 heterocycles. The van der Waals surface area contributed by atoms with Crippen LogP contribution in [0.25, 0.3) is 0 Å². The quantitative estimate of drug-likeness (QED) is 0.702. The van der Waals surface area contributed by atoms with E-state index in [1.807, 2.05) is 20.8 Å². The van der Waals surface area contributed by atoms with Crippen molar-refractivity contribution >= 4 is 17.8 Å². The first-order valence-corrected chi connectivity index (χ1v) is 7.41. The molecule has 2 amide bonds. The summed E-state index contributed by atoms with van der Waals surface area (Å²) in [5.41, 5.74) is -0.258. The summed E-state index contributed by atoms with van der Waals surface area (Å²) in [6.07, 6.45) is 0.914. The lowest BCUT2D eigenvalue weighted by molar-refractivity contribution is -0.145. The third-order valence-corrected chi connectivity index (χ3v) is 4.32. The molecule has 2 saturated heterocycles. The summed E-state index contributed by atoms with van der Waals surface area (Å²) in [7, 11) is 1.36. The molecule has 118 valence electrons. The molecular formula is C15H24N2O4. The molecule has 6 nitrogen and oxygen atoms in total. The fourth-order valence-corrected chi connectivity index (χ4v) is 3.10. The standard InChI is InChI=1S/C15H24N2O4/c1-15(2,3)17-9-11(7-12(17)18)13(19)16-6-5-10(8-16)14(20)21-4/h10-11H,5-9H2,1-4H3. The molecule has 0 N–H and O–H groups in total. The topological polar surface area (TPSA) is 66.9 Å². The number of ether oxygens (including phenoxy) is 1. The Morgan fingerprint density at radius 1 is 1.19 bits per heavy atom. The summed E-state index contributed by atoms with van der Waals surface area (Å²) < 4.78 is 4.73. The Morgan fingerprint density at radius 3 is 2.38 bits per heavy atom. The van der Waals surface area contributed by atoms with Gasteiger partial charge in [0.2, 0.25) is 11.8 Å². The van der Waals surface area contributed by atoms with E-state index in [0.29, 0.717) is 26.1 Å². The number of rotatable bonds is 2. The van der Waals surface area contributed by atoms with Crippen molar-refractivity contribution in [2.24, 2.45) is 11.8 Å². The second kappa shape index (κ2) is 5.66. The number of esters is 1. The van der Waals surface area contributed by atoms with Gasteiger partial charge in [0.25, 0.3) is 0 Å². The molecule has 6 heteroatoms. The molecule has 2 fully saturated rings. The van der Waals surface area contributed by atoms with E-state index in [2.05, 4.69) is 0 Å². The first-order valence-electron chi connectivity index (χ1n) is 7.41. The van der Waals surface area contributed by atoms with Crippen LogP contribution in [0.1, 0.15) is 33.6 Å². The lowest BCUT2D eigenvalue weighted by Gasteiger charge is -2.32. The van der Waals surface area contributed by atoms with Crippen molar-refractivity contribution in [3.63, 3.8) is 0 Å². The minimum Gasteiger partial charge on any atom is -0.469 e. The number of amides is 2. The summed E-state index contributed by atoms with van der Waals surface area (Å²) in [5, 5.41) is 0. The van der Waals surface area contributed by atoms with Crippen LogP contribution in [0.5, 0.6) is 0 Å². The van der Waals surface area contributed by atoms with Gasteiger partial charge in [-0.05, 0) is 27.2 Å². The lowest BCUT2D eigenvalue weighted by atomic mass is 10.1. The van der Waals surface area contributed by atoms with Crippen molar-refractivity contribution < 1.29 is 19.1 Å². The van der Waals surface area contributed by atoms with Crippen molar-refractivity contribution in [3.05, 3.63) is 0 Å². The van der Waals surface area contributed by atoms with Crippen LogP contribution in [0.4, 0.5) is 0 Å². The third kappa shape index (κ3) is 3.19. The molecule has 0 aromatic heterocycles. The maximum absolute atomic E-state index is 12.5. The number of nitrogens with zero attached hydrogens (tertiary/aromatic N) is 2. The van der Waals surface area contributed by atoms with E-state index in [-0.39, 0.29) is 41.6 Å². The number of likely N-dealkylation sites (tertiary alicyclic amines) is 2. The molecule has 0 radical (unpaired) electrons. The summed E-state index contributed by atoms with van der Waals surface area (Å²) in [6.45, 7) is 7.37. The smallest absolute Gasteiger partial charge is 0.310 e. The molecule has 0 aromatic rings. The van der Waals surface area contributed by atoms with Crippen molar-refractivity contribution in [1.82, 2.24) is 9.80 Å². The molecule has 2 aliphatic rings. The van der Waals surface area contributed by atoms with Crippen LogP contribution in [0.15, 0.2) is 0 Å². The van der Waals surface area contributed by atoms with E-state index in [4.69, 9.17) is 4.74 Å². The highest BCUT2D eigenvalue weighted by molar-refractivity contribution is 5.90. The van der Waals surface area contributed by atoms with Gasteiger partial charge in [-0.2, -0.15) is 0 Å². The maximum atomic E-state index is 12.5. The van der Waals surface area contributed by atoms with Gasteiger partial charge >= 0.3 is 5.97 Å². The predicted octanol–water partition coefficient (Wildman–Crippen LogP) is 0.655. The SMILES string of the molecule is COC(=O)C1CCN(C(=O)C2CC(=O)N(C(C)(C)C)C2)C1. The molecule has 0 aliphatic carbocycles. The number of hydrogen-bond donors (Lipinski definition) is 0. The van der Waals surface area contributed by atoms with E-state index in [1.54, 1.807) is 9.80 Å². The first kappa shape index (κ1) is 15.8. The summed E-state index contributed by atoms with van der Waals surface area (Å²) in [4.78, 5) is 39.6. The van der Waals surface area contributed by atoms with Gasteiger partial charge in [-0.15, -0.1) is 0 Å². The van der Waals surface area contributed by atoms with Crippen LogP contribution >= 0.6 is 0 Å². The predicted molar refractivity (Wildman–Crippen MR) is 76.3 cm³/mol. The molecule has 0 aromatic carbocycles. The first-order chi connectivity index (χ1) is 9.74. The van der Waals surface area contributed by atoms with Gasteiger partial charge in [0.05, 0.1) is 18.9 Å². The number of carbonyl (C=O) groups is 3. The number of carbonyl (C=O) groups excluding carboxylic acids is 3. The molecule has 2 aliphatic heterocycles. The third-order valence-electron chi connectivity index (χ3n) is 4.32. The second-order valence-corrected chi connectivity index (χ2v) is 6.87. The van der Waals surface area contributed by atoms with Crippen LogP contribution in [0.3, 0.4) is 0 Å². The Kier molecular flexibility index (Phi) is 4.25. The van der Waals surface area contributed by atoms with Gasteiger partial charge in [0.1, 0.15) is 0 Å². The average molecular weight is 296 g/mol. The van der Waals surface area contributed by atoms with Gasteiger partial charge < -0.3 is 14.5 Å². The van der Waals surface area contributed by atoms with E-state index in [0.717, 1.165) is 0 Å². The van der Waals surface area contributed by atoms with Crippen molar-refractivity contribution in [2.75, 3.05) is 26.7 Å². The van der Waals surface area contributed by atoms with E-state index < -0.39 is 0 Å². The van der Waals surface area contributed by atoms with Crippen molar-refractivity contribution in [1.29, 1.82) is 0 Å². The van der Waals surface area contributed by atoms with Crippen LogP contribution in [-0.2, 0) is 19.1 Å².